The van der Waals surface area contributed by atoms with Crippen molar-refractivity contribution in [2.24, 2.45) is 0 Å². The van der Waals surface area contributed by atoms with Crippen molar-refractivity contribution in [2.75, 3.05) is 0 Å². The van der Waals surface area contributed by atoms with Gasteiger partial charge in [-0.2, -0.15) is 0 Å². The largest absolute Gasteiger partial charge is 0.337 e. The topological polar surface area (TPSA) is 56.9 Å². The average Bonchev–Trinajstić information content (AvgIpc) is 2.68. The molecule has 146 valence electrons. The van der Waals surface area contributed by atoms with E-state index >= 15 is 0 Å². The smallest absolute Gasteiger partial charge is 0.268 e. The Bertz CT molecular complexity index is 1350. The van der Waals surface area contributed by atoms with E-state index in [1.165, 1.54) is 4.57 Å². The number of aryl methyl sites for hydroxylation is 4. The number of hydrogen-bond acceptors (Lipinski definition) is 3. The zero-order valence-electron chi connectivity index (χ0n) is 17.1. The number of nitrogens with zero attached hydrogens (tertiary/aromatic N) is 3. The third-order valence-corrected chi connectivity index (χ3v) is 5.27. The molecule has 4 rings (SSSR count). The van der Waals surface area contributed by atoms with Gasteiger partial charge in [0.05, 0.1) is 17.6 Å². The number of aromatic nitrogens is 3. The Kier molecular flexibility index (Phi) is 4.66. The van der Waals surface area contributed by atoms with Crippen LogP contribution in [-0.2, 0) is 6.54 Å². The van der Waals surface area contributed by atoms with Gasteiger partial charge in [-0.1, -0.05) is 42.0 Å². The molecule has 0 bridgehead atoms. The number of fused-ring (bicyclic) bond motifs is 1. The van der Waals surface area contributed by atoms with Crippen LogP contribution in [0.15, 0.2) is 64.2 Å². The fraction of sp³-hybridized carbons (Fsp3) is 0.208. The summed E-state index contributed by atoms with van der Waals surface area (Å²) in [6.07, 6.45) is 0. The lowest BCUT2D eigenvalue weighted by Crippen LogP contribution is -2.40. The Balaban J connectivity index is 2.10. The van der Waals surface area contributed by atoms with E-state index < -0.39 is 0 Å². The summed E-state index contributed by atoms with van der Waals surface area (Å²) in [5.41, 5.74) is 5.10. The molecule has 5 nitrogen and oxygen atoms in total. The highest BCUT2D eigenvalue weighted by atomic mass is 16.2. The molecule has 0 unspecified atom stereocenters. The number of rotatable bonds is 3. The van der Waals surface area contributed by atoms with Crippen LogP contribution in [-0.4, -0.2) is 14.1 Å². The van der Waals surface area contributed by atoms with Gasteiger partial charge in [-0.3, -0.25) is 9.36 Å². The molecule has 2 aromatic heterocycles. The number of benzene rings is 2. The second-order valence-corrected chi connectivity index (χ2v) is 7.55. The zero-order chi connectivity index (χ0) is 20.7. The van der Waals surface area contributed by atoms with Crippen LogP contribution in [0.2, 0.25) is 0 Å². The second-order valence-electron chi connectivity index (χ2n) is 7.55. The van der Waals surface area contributed by atoms with Crippen molar-refractivity contribution >= 4 is 11.0 Å². The lowest BCUT2D eigenvalue weighted by atomic mass is 10.1. The summed E-state index contributed by atoms with van der Waals surface area (Å²) in [6, 6.07) is 17.3. The van der Waals surface area contributed by atoms with Crippen molar-refractivity contribution in [3.05, 3.63) is 103 Å². The van der Waals surface area contributed by atoms with E-state index in [1.807, 2.05) is 82.3 Å². The van der Waals surface area contributed by atoms with Crippen molar-refractivity contribution in [3.63, 3.8) is 0 Å². The van der Waals surface area contributed by atoms with Crippen molar-refractivity contribution in [1.29, 1.82) is 0 Å². The van der Waals surface area contributed by atoms with Crippen LogP contribution < -0.4 is 11.2 Å². The molecule has 0 aliphatic carbocycles. The van der Waals surface area contributed by atoms with Crippen LogP contribution >= 0.6 is 0 Å². The molecular weight excluding hydrogens is 362 g/mol. The fourth-order valence-corrected chi connectivity index (χ4v) is 3.77. The van der Waals surface area contributed by atoms with Crippen molar-refractivity contribution in [1.82, 2.24) is 14.1 Å². The third-order valence-electron chi connectivity index (χ3n) is 5.27. The first-order valence-corrected chi connectivity index (χ1v) is 9.62. The van der Waals surface area contributed by atoms with Gasteiger partial charge in [0.1, 0.15) is 0 Å². The summed E-state index contributed by atoms with van der Waals surface area (Å²) in [6.45, 7) is 7.98. The molecule has 0 atom stereocenters. The summed E-state index contributed by atoms with van der Waals surface area (Å²) in [5.74, 6) is 0. The molecular formula is C24H23N3O2. The van der Waals surface area contributed by atoms with Gasteiger partial charge in [-0.15, -0.1) is 0 Å². The lowest BCUT2D eigenvalue weighted by Gasteiger charge is -2.16. The molecule has 0 saturated carbocycles. The van der Waals surface area contributed by atoms with Crippen molar-refractivity contribution in [3.8, 4) is 5.69 Å². The number of para-hydroxylation sites is 1. The molecule has 2 heterocycles. The first-order valence-electron chi connectivity index (χ1n) is 9.62. The normalized spacial score (nSPS) is 11.2. The SMILES string of the molecule is Cc1ccc(C)c(Cn2c(=O)c3c(C)cc(C)nc3n(-c3ccccc3)c2=O)c1. The first kappa shape index (κ1) is 18.9. The van der Waals surface area contributed by atoms with E-state index in [0.29, 0.717) is 16.7 Å². The van der Waals surface area contributed by atoms with E-state index in [1.54, 1.807) is 4.57 Å². The maximum absolute atomic E-state index is 13.5. The minimum Gasteiger partial charge on any atom is -0.268 e. The van der Waals surface area contributed by atoms with Crippen LogP contribution in [0, 0.1) is 27.7 Å². The van der Waals surface area contributed by atoms with Gasteiger partial charge in [-0.05, 0) is 62.6 Å². The van der Waals surface area contributed by atoms with Gasteiger partial charge in [-0.25, -0.2) is 14.3 Å². The molecule has 0 aliphatic heterocycles. The monoisotopic (exact) mass is 385 g/mol. The first-order chi connectivity index (χ1) is 13.9. The highest BCUT2D eigenvalue weighted by Crippen LogP contribution is 2.17. The molecule has 0 amide bonds. The van der Waals surface area contributed by atoms with Crippen LogP contribution in [0.1, 0.15) is 27.9 Å². The van der Waals surface area contributed by atoms with Gasteiger partial charge < -0.3 is 0 Å². The molecule has 0 spiro atoms. The molecule has 5 heteroatoms. The predicted octanol–water partition coefficient (Wildman–Crippen LogP) is 3.83. The third kappa shape index (κ3) is 3.29. The Morgan fingerprint density at radius 2 is 1.59 bits per heavy atom. The summed E-state index contributed by atoms with van der Waals surface area (Å²) < 4.78 is 2.86. The van der Waals surface area contributed by atoms with E-state index in [9.17, 15) is 9.59 Å². The lowest BCUT2D eigenvalue weighted by molar-refractivity contribution is 0.679. The van der Waals surface area contributed by atoms with Gasteiger partial charge in [0.15, 0.2) is 5.65 Å². The average molecular weight is 385 g/mol. The highest BCUT2D eigenvalue weighted by Gasteiger charge is 2.18. The van der Waals surface area contributed by atoms with Gasteiger partial charge in [0.2, 0.25) is 0 Å². The van der Waals surface area contributed by atoms with Gasteiger partial charge >= 0.3 is 5.69 Å². The van der Waals surface area contributed by atoms with Gasteiger partial charge in [0, 0.05) is 5.69 Å². The summed E-state index contributed by atoms with van der Waals surface area (Å²) in [5, 5.41) is 0.476. The second kappa shape index (κ2) is 7.17. The molecule has 0 aliphatic rings. The fourth-order valence-electron chi connectivity index (χ4n) is 3.77. The summed E-state index contributed by atoms with van der Waals surface area (Å²) in [7, 11) is 0. The molecule has 0 radical (unpaired) electrons. The highest BCUT2D eigenvalue weighted by molar-refractivity contribution is 5.79. The standard InChI is InChI=1S/C24H23N3O2/c1-15-10-11-16(2)19(12-15)14-26-23(28)21-17(3)13-18(4)25-22(21)27(24(26)29)20-8-6-5-7-9-20/h5-13H,14H2,1-4H3. The minimum atomic E-state index is -0.382. The van der Waals surface area contributed by atoms with E-state index in [-0.39, 0.29) is 17.8 Å². The molecule has 0 fully saturated rings. The summed E-state index contributed by atoms with van der Waals surface area (Å²) >= 11 is 0. The van der Waals surface area contributed by atoms with E-state index in [2.05, 4.69) is 4.98 Å². The summed E-state index contributed by atoms with van der Waals surface area (Å²) in [4.78, 5) is 31.5. The minimum absolute atomic E-state index is 0.223. The van der Waals surface area contributed by atoms with Crippen LogP contribution in [0.3, 0.4) is 0 Å². The van der Waals surface area contributed by atoms with Crippen LogP contribution in [0.4, 0.5) is 0 Å². The van der Waals surface area contributed by atoms with Crippen LogP contribution in [0.5, 0.6) is 0 Å². The van der Waals surface area contributed by atoms with E-state index in [0.717, 1.165) is 27.9 Å². The van der Waals surface area contributed by atoms with Crippen molar-refractivity contribution < 1.29 is 0 Å². The molecule has 0 saturated heterocycles. The predicted molar refractivity (Wildman–Crippen MR) is 116 cm³/mol. The number of pyridine rings is 1. The van der Waals surface area contributed by atoms with Crippen LogP contribution in [0.25, 0.3) is 16.7 Å². The van der Waals surface area contributed by atoms with Gasteiger partial charge in [0.25, 0.3) is 5.56 Å². The number of hydrogen-bond donors (Lipinski definition) is 0. The Labute approximate surface area is 168 Å². The maximum Gasteiger partial charge on any atom is 0.337 e. The quantitative estimate of drug-likeness (QED) is 0.539. The molecule has 29 heavy (non-hydrogen) atoms. The Morgan fingerprint density at radius 1 is 0.862 bits per heavy atom. The zero-order valence-corrected chi connectivity index (χ0v) is 17.1. The molecule has 2 aromatic carbocycles. The van der Waals surface area contributed by atoms with Crippen molar-refractivity contribution in [2.45, 2.75) is 34.2 Å². The Hall–Kier alpha value is -3.47. The van der Waals surface area contributed by atoms with E-state index in [4.69, 9.17) is 0 Å². The molecule has 0 N–H and O–H groups in total. The molecule has 4 aromatic rings. The maximum atomic E-state index is 13.5. The Morgan fingerprint density at radius 3 is 2.31 bits per heavy atom.